The minimum absolute atomic E-state index is 0.103. The van der Waals surface area contributed by atoms with Crippen LogP contribution in [0, 0.1) is 0 Å². The Morgan fingerprint density at radius 1 is 1.10 bits per heavy atom. The summed E-state index contributed by atoms with van der Waals surface area (Å²) < 4.78 is 10.5. The predicted molar refractivity (Wildman–Crippen MR) is 119 cm³/mol. The second kappa shape index (κ2) is 10.3. The quantitative estimate of drug-likeness (QED) is 0.489. The van der Waals surface area contributed by atoms with Crippen LogP contribution in [-0.2, 0) is 11.3 Å². The molecule has 31 heavy (non-hydrogen) atoms. The highest BCUT2D eigenvalue weighted by atomic mass is 35.5. The van der Waals surface area contributed by atoms with E-state index >= 15 is 0 Å². The number of methoxy groups -OCH3 is 1. The molecule has 0 saturated heterocycles. The summed E-state index contributed by atoms with van der Waals surface area (Å²) in [5.74, 6) is -0.414. The van der Waals surface area contributed by atoms with Gasteiger partial charge in [-0.3, -0.25) is 9.78 Å². The first-order chi connectivity index (χ1) is 14.9. The van der Waals surface area contributed by atoms with E-state index in [-0.39, 0.29) is 24.1 Å². The predicted octanol–water partition coefficient (Wildman–Crippen LogP) is 5.25. The summed E-state index contributed by atoms with van der Waals surface area (Å²) in [6.07, 6.45) is 1.62. The van der Waals surface area contributed by atoms with Crippen molar-refractivity contribution in [3.63, 3.8) is 0 Å². The fourth-order valence-electron chi connectivity index (χ4n) is 2.86. The van der Waals surface area contributed by atoms with E-state index in [2.05, 4.69) is 10.3 Å². The number of ether oxygens (including phenoxy) is 2. The molecule has 1 aromatic heterocycles. The van der Waals surface area contributed by atoms with Crippen molar-refractivity contribution in [1.82, 2.24) is 10.3 Å². The second-order valence-electron chi connectivity index (χ2n) is 6.67. The van der Waals surface area contributed by atoms with E-state index in [0.29, 0.717) is 27.1 Å². The highest BCUT2D eigenvalue weighted by molar-refractivity contribution is 6.31. The van der Waals surface area contributed by atoms with E-state index in [9.17, 15) is 9.59 Å². The maximum absolute atomic E-state index is 12.9. The normalized spacial score (nSPS) is 11.5. The average molecular weight is 459 g/mol. The molecule has 0 fully saturated rings. The Labute approximate surface area is 190 Å². The van der Waals surface area contributed by atoms with Crippen molar-refractivity contribution in [3.8, 4) is 5.75 Å². The summed E-state index contributed by atoms with van der Waals surface area (Å²) in [7, 11) is 1.32. The summed E-state index contributed by atoms with van der Waals surface area (Å²) in [5.41, 5.74) is 2.11. The van der Waals surface area contributed by atoms with Gasteiger partial charge in [-0.05, 0) is 55.0 Å². The monoisotopic (exact) mass is 458 g/mol. The highest BCUT2D eigenvalue weighted by Crippen LogP contribution is 2.26. The van der Waals surface area contributed by atoms with Crippen LogP contribution in [0.3, 0.4) is 0 Å². The van der Waals surface area contributed by atoms with Crippen LogP contribution >= 0.6 is 23.2 Å². The third-order valence-corrected chi connectivity index (χ3v) is 5.14. The van der Waals surface area contributed by atoms with Crippen molar-refractivity contribution in [2.24, 2.45) is 0 Å². The van der Waals surface area contributed by atoms with Gasteiger partial charge in [0.05, 0.1) is 35.0 Å². The van der Waals surface area contributed by atoms with E-state index in [0.717, 1.165) is 5.56 Å². The van der Waals surface area contributed by atoms with Crippen molar-refractivity contribution in [2.45, 2.75) is 19.6 Å². The Hall–Kier alpha value is -3.09. The number of nitrogens with zero attached hydrogens (tertiary/aromatic N) is 1. The number of pyridine rings is 1. The van der Waals surface area contributed by atoms with Crippen LogP contribution in [0.2, 0.25) is 10.0 Å². The molecular formula is C23H20Cl2N2O4. The molecule has 0 spiro atoms. The molecule has 0 bridgehead atoms. The zero-order chi connectivity index (χ0) is 22.4. The molecule has 3 aromatic rings. The lowest BCUT2D eigenvalue weighted by Gasteiger charge is -2.17. The van der Waals surface area contributed by atoms with Crippen molar-refractivity contribution in [3.05, 3.63) is 93.2 Å². The van der Waals surface area contributed by atoms with Gasteiger partial charge in [0.2, 0.25) is 0 Å². The Kier molecular flexibility index (Phi) is 7.50. The molecule has 160 valence electrons. The lowest BCUT2D eigenvalue weighted by Crippen LogP contribution is -2.27. The number of hydrogen-bond donors (Lipinski definition) is 1. The number of benzene rings is 2. The van der Waals surface area contributed by atoms with E-state index < -0.39 is 5.97 Å². The number of amides is 1. The molecule has 1 N–H and O–H groups in total. The van der Waals surface area contributed by atoms with Gasteiger partial charge in [0.1, 0.15) is 12.4 Å². The summed E-state index contributed by atoms with van der Waals surface area (Å²) in [6, 6.07) is 14.7. The van der Waals surface area contributed by atoms with E-state index in [4.69, 9.17) is 32.7 Å². The largest absolute Gasteiger partial charge is 0.486 e. The number of carbonyl (C=O) groups excluding carboxylic acids is 2. The fraction of sp³-hybridized carbons (Fsp3) is 0.174. The number of hydrogen-bond acceptors (Lipinski definition) is 5. The summed E-state index contributed by atoms with van der Waals surface area (Å²) in [4.78, 5) is 28.7. The summed E-state index contributed by atoms with van der Waals surface area (Å²) in [6.45, 7) is 1.94. The van der Waals surface area contributed by atoms with Gasteiger partial charge in [-0.15, -0.1) is 0 Å². The number of rotatable bonds is 7. The first-order valence-corrected chi connectivity index (χ1v) is 10.2. The number of nitrogens with one attached hydrogen (secondary N) is 1. The summed E-state index contributed by atoms with van der Waals surface area (Å²) in [5, 5.41) is 3.80. The van der Waals surface area contributed by atoms with Crippen molar-refractivity contribution >= 4 is 35.1 Å². The van der Waals surface area contributed by atoms with Gasteiger partial charge in [-0.1, -0.05) is 35.3 Å². The molecular weight excluding hydrogens is 439 g/mol. The van der Waals surface area contributed by atoms with Crippen LogP contribution in [0.25, 0.3) is 0 Å². The fourth-order valence-corrected chi connectivity index (χ4v) is 3.21. The molecule has 1 heterocycles. The van der Waals surface area contributed by atoms with E-state index in [1.165, 1.54) is 7.11 Å². The lowest BCUT2D eigenvalue weighted by atomic mass is 10.1. The molecule has 0 radical (unpaired) electrons. The first kappa shape index (κ1) is 22.6. The van der Waals surface area contributed by atoms with Crippen LogP contribution < -0.4 is 10.1 Å². The smallest absolute Gasteiger partial charge is 0.337 e. The number of carbonyl (C=O) groups is 2. The van der Waals surface area contributed by atoms with Crippen molar-refractivity contribution in [1.29, 1.82) is 0 Å². The number of halogens is 2. The molecule has 0 unspecified atom stereocenters. The topological polar surface area (TPSA) is 77.5 Å². The van der Waals surface area contributed by atoms with Crippen LogP contribution in [0.1, 0.15) is 44.9 Å². The van der Waals surface area contributed by atoms with Crippen LogP contribution in [0.15, 0.2) is 60.8 Å². The molecule has 8 heteroatoms. The lowest BCUT2D eigenvalue weighted by molar-refractivity contribution is 0.0600. The van der Waals surface area contributed by atoms with Crippen LogP contribution in [0.4, 0.5) is 0 Å². The van der Waals surface area contributed by atoms with Gasteiger partial charge in [-0.25, -0.2) is 4.79 Å². The Morgan fingerprint density at radius 2 is 1.84 bits per heavy atom. The van der Waals surface area contributed by atoms with Crippen LogP contribution in [0.5, 0.6) is 5.75 Å². The van der Waals surface area contributed by atoms with E-state index in [1.54, 1.807) is 60.8 Å². The van der Waals surface area contributed by atoms with Gasteiger partial charge in [-0.2, -0.15) is 0 Å². The highest BCUT2D eigenvalue weighted by Gasteiger charge is 2.18. The van der Waals surface area contributed by atoms with Crippen molar-refractivity contribution < 1.29 is 19.1 Å². The Bertz CT molecular complexity index is 1090. The van der Waals surface area contributed by atoms with Gasteiger partial charge >= 0.3 is 5.97 Å². The van der Waals surface area contributed by atoms with Crippen molar-refractivity contribution in [2.75, 3.05) is 7.11 Å². The average Bonchev–Trinajstić information content (AvgIpc) is 2.78. The van der Waals surface area contributed by atoms with E-state index in [1.807, 2.05) is 6.92 Å². The minimum Gasteiger partial charge on any atom is -0.486 e. The van der Waals surface area contributed by atoms with Gasteiger partial charge in [0, 0.05) is 11.2 Å². The molecule has 6 nitrogen and oxygen atoms in total. The zero-order valence-electron chi connectivity index (χ0n) is 16.9. The van der Waals surface area contributed by atoms with Gasteiger partial charge < -0.3 is 14.8 Å². The first-order valence-electron chi connectivity index (χ1n) is 9.40. The van der Waals surface area contributed by atoms with Crippen LogP contribution in [-0.4, -0.2) is 24.0 Å². The molecule has 2 aromatic carbocycles. The second-order valence-corrected chi connectivity index (χ2v) is 7.51. The molecule has 0 aliphatic carbocycles. The third-order valence-electron chi connectivity index (χ3n) is 4.56. The Balaban J connectivity index is 1.74. The zero-order valence-corrected chi connectivity index (χ0v) is 18.4. The Morgan fingerprint density at radius 3 is 2.52 bits per heavy atom. The van der Waals surface area contributed by atoms with Gasteiger partial charge in [0.15, 0.2) is 0 Å². The molecule has 3 rings (SSSR count). The van der Waals surface area contributed by atoms with Gasteiger partial charge in [0.25, 0.3) is 5.91 Å². The molecule has 0 aliphatic heterocycles. The molecule has 0 aliphatic rings. The standard InChI is InChI=1S/C23H20Cl2N2O4/c1-14(15-5-7-16(8-6-15)23(29)30-2)27-22(28)18-12-17(24)9-10-21(18)31-13-20-19(25)4-3-11-26-20/h3-12,14H,13H2,1-2H3,(H,27,28)/t14-/m0/s1. The molecule has 1 amide bonds. The maximum atomic E-state index is 12.9. The SMILES string of the molecule is COC(=O)c1ccc([C@H](C)NC(=O)c2cc(Cl)ccc2OCc2ncccc2Cl)cc1. The minimum atomic E-state index is -0.419. The summed E-state index contributed by atoms with van der Waals surface area (Å²) >= 11 is 12.2. The molecule has 0 saturated carbocycles. The maximum Gasteiger partial charge on any atom is 0.337 e. The molecule has 1 atom stereocenters. The number of esters is 1. The number of aromatic nitrogens is 1. The third kappa shape index (κ3) is 5.75.